The Bertz CT molecular complexity index is 808. The fourth-order valence-corrected chi connectivity index (χ4v) is 3.80. The van der Waals surface area contributed by atoms with Crippen molar-refractivity contribution in [1.82, 2.24) is 9.62 Å². The third kappa shape index (κ3) is 4.87. The van der Waals surface area contributed by atoms with Crippen molar-refractivity contribution in [3.8, 4) is 0 Å². The van der Waals surface area contributed by atoms with Crippen LogP contribution in [-0.2, 0) is 14.8 Å². The van der Waals surface area contributed by atoms with Crippen molar-refractivity contribution in [2.75, 3.05) is 13.1 Å². The molecule has 5 nitrogen and oxygen atoms in total. The molecule has 0 heterocycles. The number of carbonyl (C=O) groups is 1. The Balaban J connectivity index is 2.08. The van der Waals surface area contributed by atoms with Crippen LogP contribution in [0.4, 0.5) is 4.39 Å². The van der Waals surface area contributed by atoms with Gasteiger partial charge in [0.05, 0.1) is 17.5 Å². The minimum Gasteiger partial charge on any atom is -0.348 e. The van der Waals surface area contributed by atoms with E-state index < -0.39 is 21.7 Å². The van der Waals surface area contributed by atoms with E-state index in [0.717, 1.165) is 22.0 Å². The second-order valence-corrected chi connectivity index (χ2v) is 7.52. The van der Waals surface area contributed by atoms with E-state index in [1.54, 1.807) is 6.92 Å². The summed E-state index contributed by atoms with van der Waals surface area (Å²) >= 11 is 0. The number of benzene rings is 2. The Kier molecular flexibility index (Phi) is 6.27. The topological polar surface area (TPSA) is 66.5 Å². The molecule has 25 heavy (non-hydrogen) atoms. The van der Waals surface area contributed by atoms with E-state index in [9.17, 15) is 17.6 Å². The maximum absolute atomic E-state index is 13.0. The fraction of sp³-hybridized carbons (Fsp3) is 0.278. The summed E-state index contributed by atoms with van der Waals surface area (Å²) < 4.78 is 39.2. The highest BCUT2D eigenvalue weighted by molar-refractivity contribution is 7.89. The van der Waals surface area contributed by atoms with Crippen molar-refractivity contribution in [3.05, 3.63) is 66.0 Å². The quantitative estimate of drug-likeness (QED) is 0.821. The summed E-state index contributed by atoms with van der Waals surface area (Å²) in [4.78, 5) is 12.2. The number of sulfonamides is 1. The molecule has 0 saturated carbocycles. The minimum atomic E-state index is -3.86. The summed E-state index contributed by atoms with van der Waals surface area (Å²) in [6.07, 6.45) is 0. The maximum atomic E-state index is 13.0. The zero-order valence-electron chi connectivity index (χ0n) is 14.1. The first-order valence-electron chi connectivity index (χ1n) is 7.94. The van der Waals surface area contributed by atoms with Gasteiger partial charge in [-0.05, 0) is 36.8 Å². The van der Waals surface area contributed by atoms with E-state index in [1.807, 2.05) is 37.3 Å². The first-order chi connectivity index (χ1) is 11.8. The molecule has 1 atom stereocenters. The summed E-state index contributed by atoms with van der Waals surface area (Å²) in [7, 11) is -3.86. The average molecular weight is 364 g/mol. The van der Waals surface area contributed by atoms with Crippen molar-refractivity contribution in [2.45, 2.75) is 24.8 Å². The molecule has 1 amide bonds. The fourth-order valence-electron chi connectivity index (χ4n) is 2.39. The summed E-state index contributed by atoms with van der Waals surface area (Å²) in [5.74, 6) is -0.916. The van der Waals surface area contributed by atoms with Gasteiger partial charge in [0.25, 0.3) is 0 Å². The van der Waals surface area contributed by atoms with Crippen molar-refractivity contribution in [1.29, 1.82) is 0 Å². The molecule has 0 aliphatic heterocycles. The first kappa shape index (κ1) is 19.1. The second-order valence-electron chi connectivity index (χ2n) is 5.59. The predicted molar refractivity (Wildman–Crippen MR) is 93.8 cm³/mol. The number of hydrogen-bond donors (Lipinski definition) is 1. The summed E-state index contributed by atoms with van der Waals surface area (Å²) in [5, 5.41) is 2.79. The number of carbonyl (C=O) groups excluding carboxylic acids is 1. The molecule has 0 aromatic heterocycles. The van der Waals surface area contributed by atoms with Gasteiger partial charge in [-0.15, -0.1) is 0 Å². The molecule has 1 N–H and O–H groups in total. The molecule has 0 radical (unpaired) electrons. The molecule has 0 aliphatic carbocycles. The van der Waals surface area contributed by atoms with Gasteiger partial charge in [-0.2, -0.15) is 4.31 Å². The normalized spacial score (nSPS) is 12.8. The molecule has 7 heteroatoms. The minimum absolute atomic E-state index is 0.0420. The first-order valence-corrected chi connectivity index (χ1v) is 9.38. The lowest BCUT2D eigenvalue weighted by atomic mass is 10.1. The lowest BCUT2D eigenvalue weighted by Gasteiger charge is -2.21. The van der Waals surface area contributed by atoms with Crippen molar-refractivity contribution in [2.24, 2.45) is 0 Å². The van der Waals surface area contributed by atoms with Gasteiger partial charge in [-0.25, -0.2) is 12.8 Å². The van der Waals surface area contributed by atoms with Gasteiger partial charge < -0.3 is 5.32 Å². The van der Waals surface area contributed by atoms with Crippen LogP contribution in [0.15, 0.2) is 59.5 Å². The molecule has 2 aromatic rings. The highest BCUT2D eigenvalue weighted by Crippen LogP contribution is 2.16. The number of nitrogens with zero attached hydrogens (tertiary/aromatic N) is 1. The standard InChI is InChI=1S/C18H21FN2O3S/c1-3-21(25(23,24)17-11-9-16(19)10-12-17)13-18(22)20-14(2)15-7-5-4-6-8-15/h4-12,14H,3,13H2,1-2H3,(H,20,22)/t14-/m0/s1. The molecule has 2 aromatic carbocycles. The van der Waals surface area contributed by atoms with Crippen LogP contribution in [0, 0.1) is 5.82 Å². The lowest BCUT2D eigenvalue weighted by Crippen LogP contribution is -2.41. The molecule has 0 saturated heterocycles. The third-order valence-corrected chi connectivity index (χ3v) is 5.74. The molecule has 0 fully saturated rings. The van der Waals surface area contributed by atoms with E-state index in [2.05, 4.69) is 5.32 Å². The number of rotatable bonds is 7. The van der Waals surface area contributed by atoms with Crippen LogP contribution >= 0.6 is 0 Å². The average Bonchev–Trinajstić information content (AvgIpc) is 2.60. The van der Waals surface area contributed by atoms with Crippen LogP contribution in [0.1, 0.15) is 25.5 Å². The van der Waals surface area contributed by atoms with E-state index in [4.69, 9.17) is 0 Å². The van der Waals surface area contributed by atoms with Gasteiger partial charge in [0, 0.05) is 6.54 Å². The van der Waals surface area contributed by atoms with Crippen LogP contribution in [0.2, 0.25) is 0 Å². The smallest absolute Gasteiger partial charge is 0.243 e. The highest BCUT2D eigenvalue weighted by Gasteiger charge is 2.25. The monoisotopic (exact) mass is 364 g/mol. The SMILES string of the molecule is CCN(CC(=O)N[C@@H](C)c1ccccc1)S(=O)(=O)c1ccc(F)cc1. The van der Waals surface area contributed by atoms with E-state index >= 15 is 0 Å². The summed E-state index contributed by atoms with van der Waals surface area (Å²) in [6.45, 7) is 3.31. The summed E-state index contributed by atoms with van der Waals surface area (Å²) in [6, 6.07) is 13.7. The van der Waals surface area contributed by atoms with Crippen molar-refractivity contribution >= 4 is 15.9 Å². The Morgan fingerprint density at radius 2 is 1.72 bits per heavy atom. The van der Waals surface area contributed by atoms with E-state index in [-0.39, 0.29) is 24.0 Å². The van der Waals surface area contributed by atoms with E-state index in [1.165, 1.54) is 12.1 Å². The van der Waals surface area contributed by atoms with Gasteiger partial charge in [-0.3, -0.25) is 4.79 Å². The molecule has 134 valence electrons. The van der Waals surface area contributed by atoms with Gasteiger partial charge >= 0.3 is 0 Å². The van der Waals surface area contributed by atoms with Crippen molar-refractivity contribution in [3.63, 3.8) is 0 Å². The number of amides is 1. The lowest BCUT2D eigenvalue weighted by molar-refractivity contribution is -0.121. The second kappa shape index (κ2) is 8.22. The van der Waals surface area contributed by atoms with Crippen molar-refractivity contribution < 1.29 is 17.6 Å². The van der Waals surface area contributed by atoms with Crippen LogP contribution in [0.25, 0.3) is 0 Å². The predicted octanol–water partition coefficient (Wildman–Crippen LogP) is 2.71. The number of nitrogens with one attached hydrogen (secondary N) is 1. The van der Waals surface area contributed by atoms with Gasteiger partial charge in [0.15, 0.2) is 0 Å². The molecule has 0 bridgehead atoms. The van der Waals surface area contributed by atoms with E-state index in [0.29, 0.717) is 0 Å². The van der Waals surface area contributed by atoms with Gasteiger partial charge in [0.2, 0.25) is 15.9 Å². The Labute approximate surface area is 147 Å². The van der Waals surface area contributed by atoms with Gasteiger partial charge in [-0.1, -0.05) is 37.3 Å². The zero-order chi connectivity index (χ0) is 18.4. The molecule has 0 unspecified atom stereocenters. The largest absolute Gasteiger partial charge is 0.348 e. The van der Waals surface area contributed by atoms with Crippen LogP contribution in [-0.4, -0.2) is 31.7 Å². The Morgan fingerprint density at radius 1 is 1.12 bits per heavy atom. The maximum Gasteiger partial charge on any atom is 0.243 e. The number of likely N-dealkylation sites (N-methyl/N-ethyl adjacent to an activating group) is 1. The number of hydrogen-bond acceptors (Lipinski definition) is 3. The molecule has 2 rings (SSSR count). The van der Waals surface area contributed by atoms with Crippen LogP contribution < -0.4 is 5.32 Å². The summed E-state index contributed by atoms with van der Waals surface area (Å²) in [5.41, 5.74) is 0.931. The Hall–Kier alpha value is -2.25. The highest BCUT2D eigenvalue weighted by atomic mass is 32.2. The van der Waals surface area contributed by atoms with Crippen LogP contribution in [0.5, 0.6) is 0 Å². The zero-order valence-corrected chi connectivity index (χ0v) is 15.0. The molecule has 0 aliphatic rings. The molecular formula is C18H21FN2O3S. The van der Waals surface area contributed by atoms with Crippen LogP contribution in [0.3, 0.4) is 0 Å². The molecule has 0 spiro atoms. The Morgan fingerprint density at radius 3 is 2.28 bits per heavy atom. The van der Waals surface area contributed by atoms with Gasteiger partial charge in [0.1, 0.15) is 5.82 Å². The number of halogens is 1. The third-order valence-electron chi connectivity index (χ3n) is 3.80. The molecular weight excluding hydrogens is 343 g/mol.